The molecule has 0 saturated heterocycles. The molecule has 1 N–H and O–H groups in total. The minimum Gasteiger partial charge on any atom is -0.454 e. The molecule has 0 aliphatic rings. The average molecular weight is 397 g/mol. The lowest BCUT2D eigenvalue weighted by Crippen LogP contribution is -2.14. The normalized spacial score (nSPS) is 11.1. The van der Waals surface area contributed by atoms with Crippen LogP contribution in [0.2, 0.25) is 0 Å². The second kappa shape index (κ2) is 7.05. The van der Waals surface area contributed by atoms with Crippen molar-refractivity contribution in [3.05, 3.63) is 80.7 Å². The fourth-order valence-corrected chi connectivity index (χ4v) is 3.88. The van der Waals surface area contributed by atoms with Crippen LogP contribution in [-0.2, 0) is 11.3 Å². The van der Waals surface area contributed by atoms with Crippen molar-refractivity contribution in [3.63, 3.8) is 0 Å². The first-order valence-corrected chi connectivity index (χ1v) is 9.40. The minimum absolute atomic E-state index is 0.139. The van der Waals surface area contributed by atoms with Gasteiger partial charge < -0.3 is 14.3 Å². The van der Waals surface area contributed by atoms with Crippen LogP contribution >= 0.6 is 11.3 Å². The standard InChI is InChI=1S/C20H16FN3O3S/c1-11-9-15(12(2)24(11)14-5-3-13(21)4-6-14)20(26)27-10-17-22-16-7-8-28-18(16)19(25)23-17/h3-9H,10H2,1-2H3,(H,22,23,25). The smallest absolute Gasteiger partial charge is 0.340 e. The summed E-state index contributed by atoms with van der Waals surface area (Å²) >= 11 is 1.31. The van der Waals surface area contributed by atoms with Crippen molar-refractivity contribution >= 4 is 27.5 Å². The number of halogens is 1. The van der Waals surface area contributed by atoms with E-state index in [0.717, 1.165) is 11.4 Å². The van der Waals surface area contributed by atoms with Crippen LogP contribution in [0.5, 0.6) is 0 Å². The highest BCUT2D eigenvalue weighted by atomic mass is 32.1. The number of rotatable bonds is 4. The highest BCUT2D eigenvalue weighted by molar-refractivity contribution is 7.17. The molecule has 0 unspecified atom stereocenters. The number of aromatic amines is 1. The van der Waals surface area contributed by atoms with Crippen LogP contribution in [0.25, 0.3) is 15.9 Å². The summed E-state index contributed by atoms with van der Waals surface area (Å²) in [6.45, 7) is 3.52. The molecule has 0 saturated carbocycles. The highest BCUT2D eigenvalue weighted by Gasteiger charge is 2.18. The number of nitrogens with zero attached hydrogens (tertiary/aromatic N) is 2. The Bertz CT molecular complexity index is 1240. The number of esters is 1. The Balaban J connectivity index is 1.57. The molecule has 0 spiro atoms. The number of carbonyl (C=O) groups is 1. The monoisotopic (exact) mass is 397 g/mol. The van der Waals surface area contributed by atoms with Gasteiger partial charge in [0.05, 0.1) is 11.1 Å². The molecular formula is C20H16FN3O3S. The second-order valence-corrected chi connectivity index (χ2v) is 7.24. The van der Waals surface area contributed by atoms with Crippen molar-refractivity contribution in [2.75, 3.05) is 0 Å². The number of H-pyrrole nitrogens is 1. The van der Waals surface area contributed by atoms with E-state index in [-0.39, 0.29) is 23.8 Å². The van der Waals surface area contributed by atoms with E-state index >= 15 is 0 Å². The molecule has 8 heteroatoms. The van der Waals surface area contributed by atoms with Crippen LogP contribution in [0.1, 0.15) is 27.6 Å². The number of ether oxygens (including phenoxy) is 1. The van der Waals surface area contributed by atoms with Gasteiger partial charge in [0.2, 0.25) is 0 Å². The van der Waals surface area contributed by atoms with E-state index in [4.69, 9.17) is 4.74 Å². The molecule has 3 heterocycles. The molecule has 0 amide bonds. The molecule has 0 bridgehead atoms. The Kier molecular flexibility index (Phi) is 4.56. The van der Waals surface area contributed by atoms with Crippen molar-refractivity contribution < 1.29 is 13.9 Å². The van der Waals surface area contributed by atoms with E-state index in [2.05, 4.69) is 9.97 Å². The van der Waals surface area contributed by atoms with Crippen molar-refractivity contribution in [3.8, 4) is 5.69 Å². The van der Waals surface area contributed by atoms with Gasteiger partial charge in [-0.15, -0.1) is 11.3 Å². The first-order valence-electron chi connectivity index (χ1n) is 8.52. The summed E-state index contributed by atoms with van der Waals surface area (Å²) in [5.41, 5.74) is 2.99. The number of benzene rings is 1. The molecule has 0 atom stereocenters. The summed E-state index contributed by atoms with van der Waals surface area (Å²) in [5, 5.41) is 1.78. The van der Waals surface area contributed by atoms with Gasteiger partial charge in [-0.3, -0.25) is 4.79 Å². The third-order valence-corrected chi connectivity index (χ3v) is 5.34. The van der Waals surface area contributed by atoms with Gasteiger partial charge in [0.1, 0.15) is 22.9 Å². The first kappa shape index (κ1) is 18.1. The summed E-state index contributed by atoms with van der Waals surface area (Å²) < 4.78 is 20.9. The van der Waals surface area contributed by atoms with Gasteiger partial charge in [-0.1, -0.05) is 0 Å². The number of thiophene rings is 1. The van der Waals surface area contributed by atoms with Gasteiger partial charge in [-0.2, -0.15) is 0 Å². The maximum Gasteiger partial charge on any atom is 0.340 e. The molecule has 3 aromatic heterocycles. The van der Waals surface area contributed by atoms with E-state index < -0.39 is 5.97 Å². The fourth-order valence-electron chi connectivity index (χ4n) is 3.16. The minimum atomic E-state index is -0.519. The summed E-state index contributed by atoms with van der Waals surface area (Å²) in [7, 11) is 0. The zero-order valence-corrected chi connectivity index (χ0v) is 16.0. The SMILES string of the molecule is Cc1cc(C(=O)OCc2nc3ccsc3c(=O)[nH]2)c(C)n1-c1ccc(F)cc1. The molecule has 0 fully saturated rings. The third-order valence-electron chi connectivity index (χ3n) is 4.44. The van der Waals surface area contributed by atoms with Gasteiger partial charge in [0.25, 0.3) is 5.56 Å². The predicted octanol–water partition coefficient (Wildman–Crippen LogP) is 3.89. The highest BCUT2D eigenvalue weighted by Crippen LogP contribution is 2.22. The Hall–Kier alpha value is -3.26. The molecular weight excluding hydrogens is 381 g/mol. The van der Waals surface area contributed by atoms with Gasteiger partial charge in [0.15, 0.2) is 0 Å². The number of aromatic nitrogens is 3. The van der Waals surface area contributed by atoms with E-state index in [1.54, 1.807) is 36.6 Å². The molecule has 1 aromatic carbocycles. The number of nitrogens with one attached hydrogen (secondary N) is 1. The van der Waals surface area contributed by atoms with Crippen LogP contribution in [0, 0.1) is 19.7 Å². The maximum absolute atomic E-state index is 13.2. The van der Waals surface area contributed by atoms with Gasteiger partial charge in [-0.25, -0.2) is 14.2 Å². The Labute approximate surface area is 163 Å². The van der Waals surface area contributed by atoms with E-state index in [1.807, 2.05) is 11.5 Å². The molecule has 6 nitrogen and oxygen atoms in total. The number of aryl methyl sites for hydroxylation is 1. The van der Waals surface area contributed by atoms with Crippen molar-refractivity contribution in [1.82, 2.24) is 14.5 Å². The van der Waals surface area contributed by atoms with Crippen molar-refractivity contribution in [2.45, 2.75) is 20.5 Å². The number of hydrogen-bond donors (Lipinski definition) is 1. The molecule has 4 rings (SSSR count). The van der Waals surface area contributed by atoms with Crippen LogP contribution in [0.4, 0.5) is 4.39 Å². The third kappa shape index (κ3) is 3.22. The molecule has 0 radical (unpaired) electrons. The number of carbonyl (C=O) groups excluding carboxylic acids is 1. The van der Waals surface area contributed by atoms with Crippen LogP contribution < -0.4 is 5.56 Å². The summed E-state index contributed by atoms with van der Waals surface area (Å²) in [6, 6.07) is 9.50. The number of fused-ring (bicyclic) bond motifs is 1. The van der Waals surface area contributed by atoms with E-state index in [1.165, 1.54) is 23.5 Å². The second-order valence-electron chi connectivity index (χ2n) is 6.32. The quantitative estimate of drug-likeness (QED) is 0.530. The van der Waals surface area contributed by atoms with Gasteiger partial charge >= 0.3 is 5.97 Å². The predicted molar refractivity (Wildman–Crippen MR) is 105 cm³/mol. The zero-order valence-electron chi connectivity index (χ0n) is 15.2. The maximum atomic E-state index is 13.2. The first-order chi connectivity index (χ1) is 13.4. The fraction of sp³-hybridized carbons (Fsp3) is 0.150. The van der Waals surface area contributed by atoms with E-state index in [0.29, 0.717) is 21.5 Å². The van der Waals surface area contributed by atoms with Gasteiger partial charge in [-0.05, 0) is 55.6 Å². The average Bonchev–Trinajstić information content (AvgIpc) is 3.25. The summed E-state index contributed by atoms with van der Waals surface area (Å²) in [4.78, 5) is 31.5. The summed E-state index contributed by atoms with van der Waals surface area (Å²) in [6.07, 6.45) is 0. The van der Waals surface area contributed by atoms with Crippen LogP contribution in [0.3, 0.4) is 0 Å². The van der Waals surface area contributed by atoms with Gasteiger partial charge in [0, 0.05) is 17.1 Å². The van der Waals surface area contributed by atoms with Crippen LogP contribution in [0.15, 0.2) is 46.6 Å². The van der Waals surface area contributed by atoms with Crippen LogP contribution in [-0.4, -0.2) is 20.5 Å². The molecule has 4 aromatic rings. The lowest BCUT2D eigenvalue weighted by atomic mass is 10.2. The number of hydrogen-bond acceptors (Lipinski definition) is 5. The van der Waals surface area contributed by atoms with Crippen molar-refractivity contribution in [2.24, 2.45) is 0 Å². The Morgan fingerprint density at radius 3 is 2.75 bits per heavy atom. The molecule has 0 aliphatic carbocycles. The lowest BCUT2D eigenvalue weighted by molar-refractivity contribution is 0.0461. The topological polar surface area (TPSA) is 77.0 Å². The molecule has 142 valence electrons. The summed E-state index contributed by atoms with van der Waals surface area (Å²) in [5.74, 6) is -0.555. The largest absolute Gasteiger partial charge is 0.454 e. The lowest BCUT2D eigenvalue weighted by Gasteiger charge is -2.10. The molecule has 0 aliphatic heterocycles. The Morgan fingerprint density at radius 1 is 1.25 bits per heavy atom. The van der Waals surface area contributed by atoms with Crippen molar-refractivity contribution in [1.29, 1.82) is 0 Å². The molecule has 28 heavy (non-hydrogen) atoms. The van der Waals surface area contributed by atoms with E-state index in [9.17, 15) is 14.0 Å². The Morgan fingerprint density at radius 2 is 2.00 bits per heavy atom. The zero-order chi connectivity index (χ0) is 19.8.